The molecule has 5 nitrogen and oxygen atoms in total. The summed E-state index contributed by atoms with van der Waals surface area (Å²) >= 11 is 0. The molecule has 0 aliphatic carbocycles. The van der Waals surface area contributed by atoms with Crippen LogP contribution in [-0.4, -0.2) is 33.9 Å². The molecule has 1 amide bonds. The van der Waals surface area contributed by atoms with Gasteiger partial charge in [-0.15, -0.1) is 0 Å². The van der Waals surface area contributed by atoms with Crippen molar-refractivity contribution in [1.29, 1.82) is 0 Å². The number of rotatable bonds is 4. The van der Waals surface area contributed by atoms with Gasteiger partial charge in [0.25, 0.3) is 0 Å². The van der Waals surface area contributed by atoms with E-state index in [2.05, 4.69) is 17.1 Å². The second-order valence-electron chi connectivity index (χ2n) is 7.78. The van der Waals surface area contributed by atoms with Gasteiger partial charge in [0.05, 0.1) is 23.7 Å². The van der Waals surface area contributed by atoms with Crippen LogP contribution in [0.3, 0.4) is 0 Å². The summed E-state index contributed by atoms with van der Waals surface area (Å²) in [5, 5.41) is 0. The molecule has 3 aromatic rings. The number of benzene rings is 2. The van der Waals surface area contributed by atoms with Crippen LogP contribution in [0.15, 0.2) is 42.5 Å². The Labute approximate surface area is 164 Å². The molecular weight excluding hydrogens is 350 g/mol. The molecule has 2 aliphatic heterocycles. The third-order valence-electron chi connectivity index (χ3n) is 5.93. The third kappa shape index (κ3) is 3.26. The molecule has 5 heteroatoms. The molecule has 0 radical (unpaired) electrons. The zero-order chi connectivity index (χ0) is 18.9. The van der Waals surface area contributed by atoms with Crippen LogP contribution >= 0.6 is 0 Å². The fourth-order valence-electron chi connectivity index (χ4n) is 4.44. The Hall–Kier alpha value is -2.82. The van der Waals surface area contributed by atoms with E-state index >= 15 is 0 Å². The van der Waals surface area contributed by atoms with Crippen LogP contribution in [0.25, 0.3) is 11.0 Å². The number of carbonyl (C=O) groups excluding carboxylic acids is 1. The number of likely N-dealkylation sites (tertiary alicyclic amines) is 1. The van der Waals surface area contributed by atoms with Crippen LogP contribution in [0.4, 0.5) is 0 Å². The fraction of sp³-hybridized carbons (Fsp3) is 0.391. The van der Waals surface area contributed by atoms with Crippen LogP contribution in [0.2, 0.25) is 0 Å². The Bertz CT molecular complexity index is 977. The average Bonchev–Trinajstić information content (AvgIpc) is 3.38. The summed E-state index contributed by atoms with van der Waals surface area (Å²) < 4.78 is 5.58. The molecule has 1 unspecified atom stereocenters. The number of imidazole rings is 1. The molecule has 1 aromatic heterocycles. The van der Waals surface area contributed by atoms with Gasteiger partial charge >= 0.3 is 0 Å². The van der Waals surface area contributed by atoms with Gasteiger partial charge < -0.3 is 14.6 Å². The van der Waals surface area contributed by atoms with Crippen LogP contribution in [0.1, 0.15) is 48.7 Å². The lowest BCUT2D eigenvalue weighted by molar-refractivity contribution is -0.135. The molecule has 0 spiro atoms. The van der Waals surface area contributed by atoms with E-state index in [0.717, 1.165) is 67.9 Å². The van der Waals surface area contributed by atoms with Gasteiger partial charge in [-0.1, -0.05) is 24.3 Å². The maximum atomic E-state index is 13.1. The largest absolute Gasteiger partial charge is 0.493 e. The molecule has 1 saturated heterocycles. The van der Waals surface area contributed by atoms with Gasteiger partial charge in [0.15, 0.2) is 0 Å². The number of aromatic nitrogens is 2. The molecule has 0 bridgehead atoms. The summed E-state index contributed by atoms with van der Waals surface area (Å²) in [6.45, 7) is 1.59. The third-order valence-corrected chi connectivity index (χ3v) is 5.93. The Morgan fingerprint density at radius 1 is 1.21 bits per heavy atom. The summed E-state index contributed by atoms with van der Waals surface area (Å²) in [5.41, 5.74) is 4.49. The normalized spacial score (nSPS) is 18.9. The Morgan fingerprint density at radius 2 is 2.14 bits per heavy atom. The second-order valence-corrected chi connectivity index (χ2v) is 7.78. The van der Waals surface area contributed by atoms with Gasteiger partial charge in [0.2, 0.25) is 5.91 Å². The average molecular weight is 375 g/mol. The van der Waals surface area contributed by atoms with Gasteiger partial charge in [0, 0.05) is 19.4 Å². The highest BCUT2D eigenvalue weighted by molar-refractivity contribution is 5.78. The standard InChI is InChI=1S/C23H25N3O2/c27-22(11-9-16-8-10-21-17(15-16)12-14-28-21)26-13-4-3-7-20(26)23-24-18-5-1-2-6-19(18)25-23/h1-2,5-6,8,10,15,20H,3-4,7,9,11-14H2,(H,24,25). The van der Waals surface area contributed by atoms with E-state index in [1.807, 2.05) is 35.2 Å². The first-order valence-electron chi connectivity index (χ1n) is 10.3. The highest BCUT2D eigenvalue weighted by Gasteiger charge is 2.30. The number of nitrogens with zero attached hydrogens (tertiary/aromatic N) is 2. The fourth-order valence-corrected chi connectivity index (χ4v) is 4.44. The number of fused-ring (bicyclic) bond motifs is 2. The minimum Gasteiger partial charge on any atom is -0.493 e. The number of aromatic amines is 1. The van der Waals surface area contributed by atoms with E-state index in [-0.39, 0.29) is 11.9 Å². The lowest BCUT2D eigenvalue weighted by Crippen LogP contribution is -2.39. The van der Waals surface area contributed by atoms with E-state index < -0.39 is 0 Å². The van der Waals surface area contributed by atoms with Gasteiger partial charge in [-0.2, -0.15) is 0 Å². The molecule has 3 heterocycles. The number of aryl methyl sites for hydroxylation is 1. The smallest absolute Gasteiger partial charge is 0.223 e. The lowest BCUT2D eigenvalue weighted by Gasteiger charge is -2.34. The maximum Gasteiger partial charge on any atom is 0.223 e. The van der Waals surface area contributed by atoms with Crippen molar-refractivity contribution in [3.63, 3.8) is 0 Å². The molecule has 1 fully saturated rings. The zero-order valence-corrected chi connectivity index (χ0v) is 16.0. The van der Waals surface area contributed by atoms with Crippen LogP contribution < -0.4 is 4.74 Å². The second kappa shape index (κ2) is 7.30. The highest BCUT2D eigenvalue weighted by Crippen LogP contribution is 2.31. The monoisotopic (exact) mass is 375 g/mol. The van der Waals surface area contributed by atoms with Crippen LogP contribution in [0, 0.1) is 0 Å². The van der Waals surface area contributed by atoms with Gasteiger partial charge in [0.1, 0.15) is 11.6 Å². The highest BCUT2D eigenvalue weighted by atomic mass is 16.5. The maximum absolute atomic E-state index is 13.1. The molecule has 2 aliphatic rings. The quantitative estimate of drug-likeness (QED) is 0.744. The molecule has 28 heavy (non-hydrogen) atoms. The SMILES string of the molecule is O=C(CCc1ccc2c(c1)CCO2)N1CCCCC1c1nc2ccccc2[nH]1. The van der Waals surface area contributed by atoms with Crippen LogP contribution in [0.5, 0.6) is 5.75 Å². The summed E-state index contributed by atoms with van der Waals surface area (Å²) in [5.74, 6) is 2.14. The first kappa shape index (κ1) is 17.3. The molecular formula is C23H25N3O2. The molecule has 144 valence electrons. The lowest BCUT2D eigenvalue weighted by atomic mass is 9.99. The first-order chi connectivity index (χ1) is 13.8. The first-order valence-corrected chi connectivity index (χ1v) is 10.3. The van der Waals surface area contributed by atoms with Gasteiger partial charge in [-0.05, 0) is 55.0 Å². The van der Waals surface area contributed by atoms with Crippen LogP contribution in [-0.2, 0) is 17.6 Å². The van der Waals surface area contributed by atoms with E-state index in [1.54, 1.807) is 0 Å². The minimum absolute atomic E-state index is 0.0575. The Balaban J connectivity index is 1.30. The summed E-state index contributed by atoms with van der Waals surface area (Å²) in [6.07, 6.45) is 5.46. The number of nitrogens with one attached hydrogen (secondary N) is 1. The topological polar surface area (TPSA) is 58.2 Å². The van der Waals surface area contributed by atoms with Crippen molar-refractivity contribution < 1.29 is 9.53 Å². The number of para-hydroxylation sites is 2. The van der Waals surface area contributed by atoms with Crippen molar-refractivity contribution in [2.24, 2.45) is 0 Å². The van der Waals surface area contributed by atoms with Crippen molar-refractivity contribution in [3.8, 4) is 5.75 Å². The Kier molecular flexibility index (Phi) is 4.51. The molecule has 1 atom stereocenters. The van der Waals surface area contributed by atoms with Crippen molar-refractivity contribution in [2.75, 3.05) is 13.2 Å². The van der Waals surface area contributed by atoms with Gasteiger partial charge in [-0.3, -0.25) is 4.79 Å². The number of amides is 1. The number of hydrogen-bond acceptors (Lipinski definition) is 3. The summed E-state index contributed by atoms with van der Waals surface area (Å²) in [4.78, 5) is 23.3. The number of piperidine rings is 1. The van der Waals surface area contributed by atoms with Crippen molar-refractivity contribution in [2.45, 2.75) is 44.6 Å². The van der Waals surface area contributed by atoms with Crippen molar-refractivity contribution in [3.05, 3.63) is 59.4 Å². The summed E-state index contributed by atoms with van der Waals surface area (Å²) in [6, 6.07) is 14.4. The van der Waals surface area contributed by atoms with E-state index in [0.29, 0.717) is 6.42 Å². The van der Waals surface area contributed by atoms with Crippen molar-refractivity contribution >= 4 is 16.9 Å². The predicted molar refractivity (Wildman–Crippen MR) is 108 cm³/mol. The zero-order valence-electron chi connectivity index (χ0n) is 16.0. The van der Waals surface area contributed by atoms with Crippen molar-refractivity contribution in [1.82, 2.24) is 14.9 Å². The molecule has 0 saturated carbocycles. The predicted octanol–water partition coefficient (Wildman–Crippen LogP) is 4.18. The minimum atomic E-state index is 0.0575. The number of hydrogen-bond donors (Lipinski definition) is 1. The van der Waals surface area contributed by atoms with Gasteiger partial charge in [-0.25, -0.2) is 4.98 Å². The molecule has 5 rings (SSSR count). The molecule has 2 aromatic carbocycles. The van der Waals surface area contributed by atoms with E-state index in [9.17, 15) is 4.79 Å². The number of H-pyrrole nitrogens is 1. The summed E-state index contributed by atoms with van der Waals surface area (Å²) in [7, 11) is 0. The molecule has 1 N–H and O–H groups in total. The van der Waals surface area contributed by atoms with E-state index in [1.165, 1.54) is 11.1 Å². The van der Waals surface area contributed by atoms with E-state index in [4.69, 9.17) is 9.72 Å². The number of ether oxygens (including phenoxy) is 1. The Morgan fingerprint density at radius 3 is 3.07 bits per heavy atom. The number of carbonyl (C=O) groups is 1.